The van der Waals surface area contributed by atoms with Gasteiger partial charge in [0.15, 0.2) is 0 Å². The fraction of sp³-hybridized carbons (Fsp3) is 0.462. The van der Waals surface area contributed by atoms with Crippen LogP contribution in [0, 0.1) is 10.1 Å². The van der Waals surface area contributed by atoms with Gasteiger partial charge in [-0.15, -0.1) is 0 Å². The van der Waals surface area contributed by atoms with Crippen molar-refractivity contribution in [3.63, 3.8) is 0 Å². The van der Waals surface area contributed by atoms with Crippen LogP contribution in [0.4, 0.5) is 23.7 Å². The van der Waals surface area contributed by atoms with Gasteiger partial charge in [0.05, 0.1) is 10.5 Å². The molecule has 1 aromatic rings. The van der Waals surface area contributed by atoms with Crippen LogP contribution in [0.2, 0.25) is 0 Å². The van der Waals surface area contributed by atoms with Gasteiger partial charge in [0, 0.05) is 18.7 Å². The molecule has 1 amide bonds. The van der Waals surface area contributed by atoms with E-state index in [0.29, 0.717) is 18.7 Å². The lowest BCUT2D eigenvalue weighted by Crippen LogP contribution is -2.46. The number of carbonyl (C=O) groups is 1. The third-order valence-corrected chi connectivity index (χ3v) is 3.30. The first-order valence-corrected chi connectivity index (χ1v) is 6.82. The monoisotopic (exact) mass is 333 g/mol. The molecule has 2 N–H and O–H groups in total. The summed E-state index contributed by atoms with van der Waals surface area (Å²) in [6, 6.07) is 1.53. The second-order valence-corrected chi connectivity index (χ2v) is 5.01. The first kappa shape index (κ1) is 17.0. The number of rotatable bonds is 3. The minimum Gasteiger partial charge on any atom is -0.403 e. The lowest BCUT2D eigenvalue weighted by atomic mass is 10.1. The van der Waals surface area contributed by atoms with Gasteiger partial charge in [0.2, 0.25) is 5.75 Å². The highest BCUT2D eigenvalue weighted by Crippen LogP contribution is 2.36. The predicted octanol–water partition coefficient (Wildman–Crippen LogP) is 2.45. The van der Waals surface area contributed by atoms with E-state index < -0.39 is 34.2 Å². The molecule has 0 aromatic heterocycles. The van der Waals surface area contributed by atoms with E-state index in [-0.39, 0.29) is 6.04 Å². The van der Waals surface area contributed by atoms with Crippen molar-refractivity contribution in [1.29, 1.82) is 0 Å². The highest BCUT2D eigenvalue weighted by Gasteiger charge is 2.33. The van der Waals surface area contributed by atoms with Gasteiger partial charge in [-0.1, -0.05) is 0 Å². The number of halogens is 3. The Morgan fingerprint density at radius 3 is 2.74 bits per heavy atom. The summed E-state index contributed by atoms with van der Waals surface area (Å²) in [7, 11) is 0. The Balaban J connectivity index is 2.12. The van der Waals surface area contributed by atoms with E-state index in [4.69, 9.17) is 4.74 Å². The Bertz CT molecular complexity index is 601. The summed E-state index contributed by atoms with van der Waals surface area (Å²) in [6.07, 6.45) is -4.09. The zero-order chi connectivity index (χ0) is 17.0. The number of hydrogen-bond acceptors (Lipinski definition) is 5. The smallest absolute Gasteiger partial charge is 0.403 e. The molecule has 7 nitrogen and oxygen atoms in total. The highest BCUT2D eigenvalue weighted by atomic mass is 19.4. The Morgan fingerprint density at radius 2 is 2.17 bits per heavy atom. The van der Waals surface area contributed by atoms with Crippen LogP contribution >= 0.6 is 0 Å². The van der Waals surface area contributed by atoms with Gasteiger partial charge in [-0.05, 0) is 31.5 Å². The summed E-state index contributed by atoms with van der Waals surface area (Å²) in [6.45, 7) is 1.36. The van der Waals surface area contributed by atoms with Crippen molar-refractivity contribution in [2.24, 2.45) is 0 Å². The molecule has 10 heteroatoms. The average molecular weight is 333 g/mol. The molecule has 2 rings (SSSR count). The molecular weight excluding hydrogens is 319 g/mol. The Hall–Kier alpha value is -2.36. The lowest BCUT2D eigenvalue weighted by Gasteiger charge is -2.23. The molecule has 0 spiro atoms. The van der Waals surface area contributed by atoms with Gasteiger partial charge in [-0.2, -0.15) is 13.2 Å². The van der Waals surface area contributed by atoms with E-state index >= 15 is 0 Å². The summed E-state index contributed by atoms with van der Waals surface area (Å²) >= 11 is 0. The first-order valence-electron chi connectivity index (χ1n) is 6.82. The molecule has 0 aliphatic carbocycles. The summed E-state index contributed by atoms with van der Waals surface area (Å²) in [4.78, 5) is 21.6. The number of amides is 1. The molecule has 23 heavy (non-hydrogen) atoms. The number of benzene rings is 1. The van der Waals surface area contributed by atoms with Crippen LogP contribution in [0.5, 0.6) is 5.75 Å². The fourth-order valence-corrected chi connectivity index (χ4v) is 2.19. The summed E-state index contributed by atoms with van der Waals surface area (Å²) < 4.78 is 42.5. The second kappa shape index (κ2) is 6.82. The average Bonchev–Trinajstić information content (AvgIpc) is 2.47. The molecule has 1 aliphatic rings. The molecule has 1 saturated heterocycles. The molecule has 126 valence electrons. The third-order valence-electron chi connectivity index (χ3n) is 3.30. The SMILES string of the molecule is O=C(NC1CCCNC1)Oc1ccc(C(F)(F)F)cc1[N+](=O)[O-]. The van der Waals surface area contributed by atoms with E-state index in [1.807, 2.05) is 0 Å². The van der Waals surface area contributed by atoms with Crippen molar-refractivity contribution in [3.05, 3.63) is 33.9 Å². The zero-order valence-corrected chi connectivity index (χ0v) is 11.9. The molecule has 0 bridgehead atoms. The number of carbonyl (C=O) groups excluding carboxylic acids is 1. The maximum Gasteiger partial charge on any atom is 0.416 e. The number of hydrogen-bond donors (Lipinski definition) is 2. The van der Waals surface area contributed by atoms with Crippen molar-refractivity contribution < 1.29 is 27.6 Å². The molecule has 1 atom stereocenters. The number of nitrogens with one attached hydrogen (secondary N) is 2. The molecule has 1 heterocycles. The number of nitrogens with zero attached hydrogens (tertiary/aromatic N) is 1. The fourth-order valence-electron chi connectivity index (χ4n) is 2.19. The van der Waals surface area contributed by atoms with E-state index in [1.54, 1.807) is 0 Å². The first-order chi connectivity index (χ1) is 10.8. The summed E-state index contributed by atoms with van der Waals surface area (Å²) in [5.41, 5.74) is -2.11. The third kappa shape index (κ3) is 4.55. The quantitative estimate of drug-likeness (QED) is 0.655. The van der Waals surface area contributed by atoms with Crippen LogP contribution in [-0.2, 0) is 6.18 Å². The predicted molar refractivity (Wildman–Crippen MR) is 73.1 cm³/mol. The minimum absolute atomic E-state index is 0.190. The number of nitro groups is 1. The second-order valence-electron chi connectivity index (χ2n) is 5.01. The molecule has 1 unspecified atom stereocenters. The molecular formula is C13H14F3N3O4. The van der Waals surface area contributed by atoms with Gasteiger partial charge in [-0.3, -0.25) is 10.1 Å². The largest absolute Gasteiger partial charge is 0.416 e. The van der Waals surface area contributed by atoms with Gasteiger partial charge in [0.1, 0.15) is 0 Å². The van der Waals surface area contributed by atoms with Crippen molar-refractivity contribution in [2.45, 2.75) is 25.1 Å². The van der Waals surface area contributed by atoms with Crippen molar-refractivity contribution in [1.82, 2.24) is 10.6 Å². The van der Waals surface area contributed by atoms with Crippen LogP contribution < -0.4 is 15.4 Å². The van der Waals surface area contributed by atoms with Crippen LogP contribution in [0.15, 0.2) is 18.2 Å². The van der Waals surface area contributed by atoms with Gasteiger partial charge < -0.3 is 15.4 Å². The Kier molecular flexibility index (Phi) is 5.04. The van der Waals surface area contributed by atoms with E-state index in [1.165, 1.54) is 0 Å². The Morgan fingerprint density at radius 1 is 1.43 bits per heavy atom. The Labute approximate surface area is 129 Å². The standard InChI is InChI=1S/C13H14F3N3O4/c14-13(15,16)8-3-4-11(10(6-8)19(21)22)23-12(20)18-9-2-1-5-17-7-9/h3-4,6,9,17H,1-2,5,7H2,(H,18,20). The number of alkyl halides is 3. The topological polar surface area (TPSA) is 93.5 Å². The normalized spacial score (nSPS) is 18.3. The summed E-state index contributed by atoms with van der Waals surface area (Å²) in [5.74, 6) is -0.538. The number of ether oxygens (including phenoxy) is 1. The number of nitro benzene ring substituents is 1. The van der Waals surface area contributed by atoms with Gasteiger partial charge in [-0.25, -0.2) is 4.79 Å². The zero-order valence-electron chi connectivity index (χ0n) is 11.9. The highest BCUT2D eigenvalue weighted by molar-refractivity contribution is 5.72. The number of piperidine rings is 1. The van der Waals surface area contributed by atoms with E-state index in [0.717, 1.165) is 25.5 Å². The maximum absolute atomic E-state index is 12.6. The molecule has 1 aliphatic heterocycles. The molecule has 0 radical (unpaired) electrons. The van der Waals surface area contributed by atoms with Crippen LogP contribution in [0.25, 0.3) is 0 Å². The van der Waals surface area contributed by atoms with E-state index in [2.05, 4.69) is 10.6 Å². The molecule has 1 fully saturated rings. The molecule has 0 saturated carbocycles. The van der Waals surface area contributed by atoms with Crippen LogP contribution in [0.3, 0.4) is 0 Å². The lowest BCUT2D eigenvalue weighted by molar-refractivity contribution is -0.385. The summed E-state index contributed by atoms with van der Waals surface area (Å²) in [5, 5.41) is 16.5. The van der Waals surface area contributed by atoms with Crippen molar-refractivity contribution in [3.8, 4) is 5.75 Å². The van der Waals surface area contributed by atoms with Gasteiger partial charge in [0.25, 0.3) is 0 Å². The maximum atomic E-state index is 12.6. The minimum atomic E-state index is -4.72. The van der Waals surface area contributed by atoms with Gasteiger partial charge >= 0.3 is 18.0 Å². The molecule has 1 aromatic carbocycles. The van der Waals surface area contributed by atoms with Crippen LogP contribution in [-0.4, -0.2) is 30.1 Å². The van der Waals surface area contributed by atoms with Crippen molar-refractivity contribution in [2.75, 3.05) is 13.1 Å². The van der Waals surface area contributed by atoms with Crippen LogP contribution in [0.1, 0.15) is 18.4 Å². The van der Waals surface area contributed by atoms with Crippen molar-refractivity contribution >= 4 is 11.8 Å². The van der Waals surface area contributed by atoms with E-state index in [9.17, 15) is 28.1 Å².